The van der Waals surface area contributed by atoms with E-state index in [-0.39, 0.29) is 6.09 Å². The summed E-state index contributed by atoms with van der Waals surface area (Å²) in [5.41, 5.74) is 2.16. The number of carbonyl (C=O) groups is 1. The first kappa shape index (κ1) is 16.5. The molecule has 0 atom stereocenters. The topological polar surface area (TPSA) is 64.5 Å². The number of thiazole rings is 1. The van der Waals surface area contributed by atoms with Crippen molar-refractivity contribution >= 4 is 27.8 Å². The Hall–Kier alpha value is -1.89. The minimum absolute atomic E-state index is 0.322. The molecule has 0 saturated carbocycles. The van der Waals surface area contributed by atoms with Crippen molar-refractivity contribution in [2.45, 2.75) is 32.8 Å². The van der Waals surface area contributed by atoms with Crippen LogP contribution in [0.4, 0.5) is 4.79 Å². The van der Waals surface area contributed by atoms with Crippen LogP contribution in [-0.2, 0) is 4.74 Å². The molecule has 2 heterocycles. The van der Waals surface area contributed by atoms with Gasteiger partial charge >= 0.3 is 6.09 Å². The molecule has 0 unspecified atom stereocenters. The standard InChI is InChI=1S/C15H21N3O3S/c1-15(2,3)21-14(19)18(4)8-5-9-20-12-7-6-11-13(17-12)22-10-16-11/h6-7,10H,5,8-9H2,1-4H3. The van der Waals surface area contributed by atoms with E-state index in [9.17, 15) is 4.79 Å². The molecule has 0 bridgehead atoms. The van der Waals surface area contributed by atoms with Crippen LogP contribution in [0.15, 0.2) is 17.6 Å². The molecule has 0 aromatic carbocycles. The summed E-state index contributed by atoms with van der Waals surface area (Å²) in [5.74, 6) is 0.580. The predicted octanol–water partition coefficient (Wildman–Crippen LogP) is 3.33. The first-order valence-electron chi connectivity index (χ1n) is 7.12. The highest BCUT2D eigenvalue weighted by molar-refractivity contribution is 7.16. The van der Waals surface area contributed by atoms with E-state index < -0.39 is 5.60 Å². The quantitative estimate of drug-likeness (QED) is 0.790. The fraction of sp³-hybridized carbons (Fsp3) is 0.533. The maximum atomic E-state index is 11.8. The van der Waals surface area contributed by atoms with Gasteiger partial charge in [-0.15, -0.1) is 11.3 Å². The second-order valence-electron chi connectivity index (χ2n) is 5.93. The van der Waals surface area contributed by atoms with Crippen molar-refractivity contribution in [2.24, 2.45) is 0 Å². The molecular weight excluding hydrogens is 302 g/mol. The van der Waals surface area contributed by atoms with Crippen LogP contribution in [0.3, 0.4) is 0 Å². The van der Waals surface area contributed by atoms with Crippen molar-refractivity contribution in [3.05, 3.63) is 17.6 Å². The summed E-state index contributed by atoms with van der Waals surface area (Å²) in [5, 5.41) is 0. The van der Waals surface area contributed by atoms with Crippen LogP contribution in [0, 0.1) is 0 Å². The van der Waals surface area contributed by atoms with Gasteiger partial charge in [-0.3, -0.25) is 0 Å². The largest absolute Gasteiger partial charge is 0.478 e. The normalized spacial score (nSPS) is 11.5. The molecule has 22 heavy (non-hydrogen) atoms. The molecule has 7 heteroatoms. The van der Waals surface area contributed by atoms with Gasteiger partial charge in [0, 0.05) is 19.7 Å². The smallest absolute Gasteiger partial charge is 0.410 e. The lowest BCUT2D eigenvalue weighted by Gasteiger charge is -2.24. The maximum Gasteiger partial charge on any atom is 0.410 e. The van der Waals surface area contributed by atoms with Crippen molar-refractivity contribution in [2.75, 3.05) is 20.2 Å². The minimum atomic E-state index is -0.476. The van der Waals surface area contributed by atoms with E-state index in [0.29, 0.717) is 25.5 Å². The predicted molar refractivity (Wildman–Crippen MR) is 86.4 cm³/mol. The summed E-state index contributed by atoms with van der Waals surface area (Å²) in [7, 11) is 1.72. The van der Waals surface area contributed by atoms with Gasteiger partial charge in [0.15, 0.2) is 0 Å². The van der Waals surface area contributed by atoms with Gasteiger partial charge in [-0.25, -0.2) is 14.8 Å². The van der Waals surface area contributed by atoms with Gasteiger partial charge < -0.3 is 14.4 Å². The van der Waals surface area contributed by atoms with Gasteiger partial charge in [-0.1, -0.05) is 0 Å². The number of rotatable bonds is 5. The highest BCUT2D eigenvalue weighted by Crippen LogP contribution is 2.18. The van der Waals surface area contributed by atoms with E-state index in [2.05, 4.69) is 9.97 Å². The molecule has 0 aliphatic carbocycles. The third-order valence-electron chi connectivity index (χ3n) is 2.76. The Morgan fingerprint density at radius 1 is 1.36 bits per heavy atom. The minimum Gasteiger partial charge on any atom is -0.478 e. The Labute approximate surface area is 134 Å². The van der Waals surface area contributed by atoms with Crippen LogP contribution in [0.1, 0.15) is 27.2 Å². The summed E-state index contributed by atoms with van der Waals surface area (Å²) >= 11 is 1.48. The van der Waals surface area contributed by atoms with E-state index in [0.717, 1.165) is 10.3 Å². The second kappa shape index (κ2) is 6.91. The van der Waals surface area contributed by atoms with Gasteiger partial charge in [-0.2, -0.15) is 0 Å². The molecule has 0 fully saturated rings. The van der Waals surface area contributed by atoms with Gasteiger partial charge in [0.05, 0.1) is 12.1 Å². The third-order valence-corrected chi connectivity index (χ3v) is 3.50. The van der Waals surface area contributed by atoms with Crippen LogP contribution >= 0.6 is 11.3 Å². The molecule has 0 saturated heterocycles. The Bertz CT molecular complexity index is 636. The second-order valence-corrected chi connectivity index (χ2v) is 6.76. The lowest BCUT2D eigenvalue weighted by atomic mass is 10.2. The summed E-state index contributed by atoms with van der Waals surface area (Å²) < 4.78 is 10.9. The van der Waals surface area contributed by atoms with Gasteiger partial charge in [0.2, 0.25) is 5.88 Å². The molecule has 6 nitrogen and oxygen atoms in total. The van der Waals surface area contributed by atoms with Crippen molar-refractivity contribution in [3.63, 3.8) is 0 Å². The summed E-state index contributed by atoms with van der Waals surface area (Å²) in [6, 6.07) is 3.70. The molecular formula is C15H21N3O3S. The SMILES string of the molecule is CN(CCCOc1ccc2ncsc2n1)C(=O)OC(C)(C)C. The average molecular weight is 323 g/mol. The zero-order chi connectivity index (χ0) is 16.2. The number of hydrogen-bond donors (Lipinski definition) is 0. The third kappa shape index (κ3) is 4.84. The molecule has 1 amide bonds. The van der Waals surface area contributed by atoms with E-state index in [1.165, 1.54) is 11.3 Å². The van der Waals surface area contributed by atoms with Crippen molar-refractivity contribution < 1.29 is 14.3 Å². The Balaban J connectivity index is 1.73. The van der Waals surface area contributed by atoms with Gasteiger partial charge in [0.25, 0.3) is 0 Å². The number of carbonyl (C=O) groups excluding carboxylic acids is 1. The fourth-order valence-corrected chi connectivity index (χ4v) is 2.37. The molecule has 0 spiro atoms. The molecule has 2 aromatic rings. The number of fused-ring (bicyclic) bond motifs is 1. The lowest BCUT2D eigenvalue weighted by molar-refractivity contribution is 0.0292. The molecule has 0 aliphatic rings. The maximum absolute atomic E-state index is 11.8. The molecule has 2 aromatic heterocycles. The number of hydrogen-bond acceptors (Lipinski definition) is 6. The number of ether oxygens (including phenoxy) is 2. The summed E-state index contributed by atoms with van der Waals surface area (Å²) in [4.78, 5) is 22.7. The van der Waals surface area contributed by atoms with Crippen LogP contribution < -0.4 is 4.74 Å². The van der Waals surface area contributed by atoms with Crippen molar-refractivity contribution in [1.82, 2.24) is 14.9 Å². The highest BCUT2D eigenvalue weighted by Gasteiger charge is 2.19. The van der Waals surface area contributed by atoms with E-state index >= 15 is 0 Å². The monoisotopic (exact) mass is 323 g/mol. The van der Waals surface area contributed by atoms with Crippen LogP contribution in [0.25, 0.3) is 10.3 Å². The molecule has 0 N–H and O–H groups in total. The number of amides is 1. The van der Waals surface area contributed by atoms with Gasteiger partial charge in [-0.05, 0) is 33.3 Å². The summed E-state index contributed by atoms with van der Waals surface area (Å²) in [6.07, 6.45) is 0.384. The first-order valence-corrected chi connectivity index (χ1v) is 8.00. The Kier molecular flexibility index (Phi) is 5.18. The summed E-state index contributed by atoms with van der Waals surface area (Å²) in [6.45, 7) is 6.61. The van der Waals surface area contributed by atoms with Crippen molar-refractivity contribution in [1.29, 1.82) is 0 Å². The van der Waals surface area contributed by atoms with Crippen molar-refractivity contribution in [3.8, 4) is 5.88 Å². The number of pyridine rings is 1. The van der Waals surface area contributed by atoms with E-state index in [1.807, 2.05) is 26.8 Å². The highest BCUT2D eigenvalue weighted by atomic mass is 32.1. The zero-order valence-corrected chi connectivity index (χ0v) is 14.1. The van der Waals surface area contributed by atoms with Crippen LogP contribution in [-0.4, -0.2) is 46.8 Å². The number of nitrogens with zero attached hydrogens (tertiary/aromatic N) is 3. The van der Waals surface area contributed by atoms with Gasteiger partial charge in [0.1, 0.15) is 15.9 Å². The van der Waals surface area contributed by atoms with E-state index in [1.54, 1.807) is 23.5 Å². The number of aromatic nitrogens is 2. The average Bonchev–Trinajstić information content (AvgIpc) is 2.88. The van der Waals surface area contributed by atoms with Crippen LogP contribution in [0.2, 0.25) is 0 Å². The van der Waals surface area contributed by atoms with Crippen LogP contribution in [0.5, 0.6) is 5.88 Å². The first-order chi connectivity index (χ1) is 10.3. The zero-order valence-electron chi connectivity index (χ0n) is 13.3. The molecule has 0 radical (unpaired) electrons. The Morgan fingerprint density at radius 2 is 2.14 bits per heavy atom. The lowest BCUT2D eigenvalue weighted by Crippen LogP contribution is -2.35. The molecule has 120 valence electrons. The Morgan fingerprint density at radius 3 is 2.86 bits per heavy atom. The molecule has 2 rings (SSSR count). The fourth-order valence-electron chi connectivity index (χ4n) is 1.72. The van der Waals surface area contributed by atoms with E-state index in [4.69, 9.17) is 9.47 Å². The molecule has 0 aliphatic heterocycles.